The summed E-state index contributed by atoms with van der Waals surface area (Å²) in [5.74, 6) is -1.88. The van der Waals surface area contributed by atoms with Crippen LogP contribution in [0, 0.1) is 56.2 Å². The van der Waals surface area contributed by atoms with Gasteiger partial charge in [-0.2, -0.15) is 0 Å². The van der Waals surface area contributed by atoms with Gasteiger partial charge in [-0.1, -0.05) is 79.1 Å². The first kappa shape index (κ1) is 41.6. The number of benzene rings is 1. The molecule has 0 unspecified atom stereocenters. The van der Waals surface area contributed by atoms with E-state index in [0.717, 1.165) is 61.7 Å². The van der Waals surface area contributed by atoms with Crippen molar-refractivity contribution in [3.63, 3.8) is 0 Å². The van der Waals surface area contributed by atoms with Gasteiger partial charge in [-0.05, 0) is 140 Å². The first-order chi connectivity index (χ1) is 25.5. The maximum absolute atomic E-state index is 14.7. The van der Waals surface area contributed by atoms with Gasteiger partial charge in [0.15, 0.2) is 5.78 Å². The summed E-state index contributed by atoms with van der Waals surface area (Å²) < 4.78 is 6.15. The molecule has 4 saturated carbocycles. The van der Waals surface area contributed by atoms with Crippen LogP contribution < -0.4 is 5.32 Å². The van der Waals surface area contributed by atoms with Crippen molar-refractivity contribution in [1.29, 1.82) is 0 Å². The number of esters is 1. The summed E-state index contributed by atoms with van der Waals surface area (Å²) in [6.45, 7) is 21.0. The minimum atomic E-state index is -1.19. The molecule has 1 aromatic carbocycles. The summed E-state index contributed by atoms with van der Waals surface area (Å²) >= 11 is 6.14. The van der Waals surface area contributed by atoms with Crippen LogP contribution >= 0.6 is 11.6 Å². The monoisotopic (exact) mass is 777 g/mol. The molecule has 0 spiro atoms. The first-order valence-electron chi connectivity index (χ1n) is 20.8. The number of aliphatic carboxylic acids is 1. The molecule has 0 aliphatic heterocycles. The Bertz CT molecular complexity index is 1790. The number of allylic oxidation sites excluding steroid dienone is 2. The lowest BCUT2D eigenvalue weighted by Gasteiger charge is -2.72. The fourth-order valence-corrected chi connectivity index (χ4v) is 13.4. The third-order valence-corrected chi connectivity index (χ3v) is 16.7. The molecule has 0 bridgehead atoms. The van der Waals surface area contributed by atoms with Crippen LogP contribution in [0.25, 0.3) is 0 Å². The van der Waals surface area contributed by atoms with Gasteiger partial charge in [0.05, 0.1) is 23.3 Å². The Balaban J connectivity index is 1.29. The molecule has 8 nitrogen and oxygen atoms in total. The third-order valence-electron chi connectivity index (χ3n) is 16.4. The zero-order valence-corrected chi connectivity index (χ0v) is 35.6. The number of ketones is 2. The Morgan fingerprint density at radius 2 is 1.56 bits per heavy atom. The largest absolute Gasteiger partial charge is 0.481 e. The Hall–Kier alpha value is -3.00. The van der Waals surface area contributed by atoms with Crippen LogP contribution in [0.5, 0.6) is 0 Å². The van der Waals surface area contributed by atoms with Gasteiger partial charge in [-0.15, -0.1) is 0 Å². The minimum absolute atomic E-state index is 0.0179. The van der Waals surface area contributed by atoms with Crippen molar-refractivity contribution in [2.75, 3.05) is 0 Å². The summed E-state index contributed by atoms with van der Waals surface area (Å²) in [4.78, 5) is 67.8. The highest BCUT2D eigenvalue weighted by molar-refractivity contribution is 6.40. The molecule has 2 N–H and O–H groups in total. The smallest absolute Gasteiger partial charge is 0.309 e. The molecule has 0 heterocycles. The Morgan fingerprint density at radius 1 is 0.909 bits per heavy atom. The number of ether oxygens (including phenoxy) is 1. The molecule has 0 radical (unpaired) electrons. The summed E-state index contributed by atoms with van der Waals surface area (Å²) in [6, 6.07) is 6.99. The van der Waals surface area contributed by atoms with E-state index in [9.17, 15) is 29.1 Å². The van der Waals surface area contributed by atoms with Gasteiger partial charge in [0.2, 0.25) is 5.78 Å². The Labute approximate surface area is 333 Å². The van der Waals surface area contributed by atoms with E-state index in [0.29, 0.717) is 29.7 Å². The lowest BCUT2D eigenvalue weighted by Crippen LogP contribution is -2.66. The summed E-state index contributed by atoms with van der Waals surface area (Å²) in [5.41, 5.74) is -0.266. The van der Waals surface area contributed by atoms with E-state index in [2.05, 4.69) is 53.8 Å². The highest BCUT2D eigenvalue weighted by Gasteiger charge is 2.71. The fourth-order valence-electron chi connectivity index (χ4n) is 13.3. The van der Waals surface area contributed by atoms with Crippen molar-refractivity contribution in [3.8, 4) is 0 Å². The van der Waals surface area contributed by atoms with Crippen LogP contribution in [0.3, 0.4) is 0 Å². The standard InChI is InChI=1S/C46H64ClNO7/c1-11-30(27-12-14-28(47)15-13-27)48-39(52)38(51)46-23-22-44(9)29(37(46)36(26(2)3)31(49)24-46)16-17-33-43(8)20-19-34(55-35(50)25-41(4,5)40(53)54)42(6,7)32(43)18-21-45(33,44)10/h12-15,26,29-30,32-34H,11,16-25H2,1-10H3,(H,48,52)(H,53,54)/t29-,30-,32+,33-,34+,43+,44-,45-,46-/m1/s1. The zero-order chi connectivity index (χ0) is 40.7. The van der Waals surface area contributed by atoms with E-state index in [4.69, 9.17) is 16.3 Å². The van der Waals surface area contributed by atoms with Crippen molar-refractivity contribution < 1.29 is 33.8 Å². The molecule has 55 heavy (non-hydrogen) atoms. The van der Waals surface area contributed by atoms with Crippen LogP contribution in [0.2, 0.25) is 5.02 Å². The lowest BCUT2D eigenvalue weighted by atomic mass is 9.33. The molecule has 302 valence electrons. The maximum atomic E-state index is 14.7. The van der Waals surface area contributed by atoms with Crippen molar-refractivity contribution in [2.45, 2.75) is 152 Å². The van der Waals surface area contributed by atoms with Crippen molar-refractivity contribution in [1.82, 2.24) is 5.32 Å². The first-order valence-corrected chi connectivity index (χ1v) is 21.2. The molecule has 4 fully saturated rings. The number of carbonyl (C=O) groups excluding carboxylic acids is 4. The van der Waals surface area contributed by atoms with E-state index < -0.39 is 34.5 Å². The molecule has 5 aliphatic carbocycles. The van der Waals surface area contributed by atoms with Gasteiger partial charge < -0.3 is 15.2 Å². The molecule has 5 aliphatic rings. The Kier molecular flexibility index (Phi) is 10.7. The molecule has 0 aromatic heterocycles. The quantitative estimate of drug-likeness (QED) is 0.179. The third kappa shape index (κ3) is 6.43. The van der Waals surface area contributed by atoms with E-state index in [1.54, 1.807) is 26.0 Å². The van der Waals surface area contributed by atoms with E-state index in [1.165, 1.54) is 0 Å². The number of carboxylic acid groups (broad SMARTS) is 1. The normalized spacial score (nSPS) is 35.9. The van der Waals surface area contributed by atoms with E-state index in [-0.39, 0.29) is 64.3 Å². The second kappa shape index (κ2) is 14.1. The topological polar surface area (TPSA) is 127 Å². The molecule has 1 amide bonds. The van der Waals surface area contributed by atoms with Crippen LogP contribution in [-0.2, 0) is 28.7 Å². The zero-order valence-electron chi connectivity index (χ0n) is 34.8. The van der Waals surface area contributed by atoms with Crippen molar-refractivity contribution >= 4 is 41.0 Å². The lowest BCUT2D eigenvalue weighted by molar-refractivity contribution is -0.233. The van der Waals surface area contributed by atoms with Crippen LogP contribution in [0.4, 0.5) is 0 Å². The number of carbonyl (C=O) groups is 5. The van der Waals surface area contributed by atoms with Crippen molar-refractivity contribution in [2.24, 2.45) is 56.2 Å². The maximum Gasteiger partial charge on any atom is 0.309 e. The second-order valence-corrected chi connectivity index (χ2v) is 20.7. The summed E-state index contributed by atoms with van der Waals surface area (Å²) in [5, 5.41) is 13.3. The van der Waals surface area contributed by atoms with Gasteiger partial charge in [0, 0.05) is 16.9 Å². The molecular weight excluding hydrogens is 714 g/mol. The van der Waals surface area contributed by atoms with Crippen LogP contribution in [0.15, 0.2) is 35.4 Å². The minimum Gasteiger partial charge on any atom is -0.481 e. The highest BCUT2D eigenvalue weighted by atomic mass is 35.5. The average molecular weight is 778 g/mol. The van der Waals surface area contributed by atoms with Crippen LogP contribution in [0.1, 0.15) is 151 Å². The number of Topliss-reactive ketones (excluding diaryl/α,β-unsaturated/α-hetero) is 2. The van der Waals surface area contributed by atoms with Gasteiger partial charge >= 0.3 is 11.9 Å². The van der Waals surface area contributed by atoms with Crippen molar-refractivity contribution in [3.05, 3.63) is 46.0 Å². The van der Waals surface area contributed by atoms with Gasteiger partial charge in [-0.3, -0.25) is 24.0 Å². The number of hydrogen-bond donors (Lipinski definition) is 2. The van der Waals surface area contributed by atoms with Gasteiger partial charge in [0.1, 0.15) is 6.10 Å². The fraction of sp³-hybridized carbons (Fsp3) is 0.717. The SMILES string of the molecule is CC[C@@H](NC(=O)C(=O)[C@@]12CC[C@]3(C)[C@H](CC[C@@H]4[C@@]5(C)CC[C@H](OC(=O)CC(C)(C)C(=O)O)C(C)(C)[C@@H]5CC[C@]43C)C1=C(C(C)C)C(=O)C2)c1ccc(Cl)cc1. The number of fused-ring (bicyclic) bond motifs is 7. The molecule has 9 heteroatoms. The van der Waals surface area contributed by atoms with Crippen LogP contribution in [-0.4, -0.2) is 40.6 Å². The molecular formula is C46H64ClNO7. The van der Waals surface area contributed by atoms with E-state index in [1.807, 2.05) is 19.1 Å². The summed E-state index contributed by atoms with van der Waals surface area (Å²) in [7, 11) is 0. The number of nitrogens with one attached hydrogen (secondary N) is 1. The number of amides is 1. The molecule has 6 rings (SSSR count). The number of hydrogen-bond acceptors (Lipinski definition) is 6. The molecule has 1 aromatic rings. The van der Waals surface area contributed by atoms with Gasteiger partial charge in [-0.25, -0.2) is 0 Å². The molecule has 9 atom stereocenters. The van der Waals surface area contributed by atoms with E-state index >= 15 is 0 Å². The average Bonchev–Trinajstić information content (AvgIpc) is 3.41. The number of rotatable bonds is 10. The Morgan fingerprint density at radius 3 is 2.16 bits per heavy atom. The highest BCUT2D eigenvalue weighted by Crippen LogP contribution is 2.77. The number of carboxylic acids is 1. The predicted octanol–water partition coefficient (Wildman–Crippen LogP) is 9.87. The number of halogens is 1. The summed E-state index contributed by atoms with van der Waals surface area (Å²) in [6.07, 6.45) is 6.90. The second-order valence-electron chi connectivity index (χ2n) is 20.3. The predicted molar refractivity (Wildman–Crippen MR) is 213 cm³/mol. The van der Waals surface area contributed by atoms with Gasteiger partial charge in [0.25, 0.3) is 5.91 Å². The molecule has 0 saturated heterocycles.